The molecule has 2 amide bonds. The normalized spacial score (nSPS) is 15.7. The second-order valence-corrected chi connectivity index (χ2v) is 12.3. The Morgan fingerprint density at radius 2 is 1.96 bits per heavy atom. The number of carbonyl (C=O) groups excluding carboxylic acids is 2. The maximum atomic E-state index is 16.1. The first-order valence-corrected chi connectivity index (χ1v) is 15.9. The molecule has 0 aliphatic carbocycles. The maximum Gasteiger partial charge on any atom is 0.272 e. The van der Waals surface area contributed by atoms with Gasteiger partial charge in [-0.05, 0) is 36.6 Å². The summed E-state index contributed by atoms with van der Waals surface area (Å²) in [5.41, 5.74) is 4.45. The largest absolute Gasteiger partial charge is 0.490 e. The summed E-state index contributed by atoms with van der Waals surface area (Å²) in [7, 11) is 3.24. The summed E-state index contributed by atoms with van der Waals surface area (Å²) in [6, 6.07) is 7.32. The van der Waals surface area contributed by atoms with E-state index in [9.17, 15) is 14.0 Å². The monoisotopic (exact) mass is 656 g/mol. The number of amides is 2. The van der Waals surface area contributed by atoms with E-state index in [-0.39, 0.29) is 42.4 Å². The van der Waals surface area contributed by atoms with Gasteiger partial charge in [0.2, 0.25) is 5.91 Å². The number of rotatable bonds is 8. The van der Waals surface area contributed by atoms with Crippen molar-refractivity contribution in [2.24, 2.45) is 0 Å². The van der Waals surface area contributed by atoms with Crippen molar-refractivity contribution in [1.29, 1.82) is 0 Å². The van der Waals surface area contributed by atoms with Gasteiger partial charge in [0, 0.05) is 72.4 Å². The van der Waals surface area contributed by atoms with Crippen LogP contribution in [0.1, 0.15) is 34.7 Å². The Labute approximate surface area is 272 Å². The molecule has 0 spiro atoms. The molecule has 0 radical (unpaired) electrons. The predicted molar refractivity (Wildman–Crippen MR) is 173 cm³/mol. The van der Waals surface area contributed by atoms with E-state index in [1.165, 1.54) is 24.5 Å². The summed E-state index contributed by atoms with van der Waals surface area (Å²) < 4.78 is 44.2. The SMILES string of the molecule is C=CC(=O)N1CCn2nc(-c3nc(-c4cnc5c(c4)CN(C)C5=O)c4ccsc4c3-c3c(F)cc(F)cc3OCCOC)cc2[C@H]1C. The Morgan fingerprint density at radius 3 is 2.74 bits per heavy atom. The van der Waals surface area contributed by atoms with Gasteiger partial charge in [-0.3, -0.25) is 19.3 Å². The van der Waals surface area contributed by atoms with Crippen molar-refractivity contribution in [1.82, 2.24) is 29.5 Å². The zero-order valence-corrected chi connectivity index (χ0v) is 26.7. The molecule has 0 fully saturated rings. The number of halogens is 2. The lowest BCUT2D eigenvalue weighted by Gasteiger charge is -2.33. The van der Waals surface area contributed by atoms with Crippen LogP contribution in [0.15, 0.2) is 54.6 Å². The third-order valence-electron chi connectivity index (χ3n) is 8.58. The van der Waals surface area contributed by atoms with Gasteiger partial charge >= 0.3 is 0 Å². The predicted octanol–water partition coefficient (Wildman–Crippen LogP) is 5.87. The van der Waals surface area contributed by atoms with Crippen molar-refractivity contribution in [3.8, 4) is 39.5 Å². The van der Waals surface area contributed by atoms with E-state index in [4.69, 9.17) is 19.6 Å². The fourth-order valence-electron chi connectivity index (χ4n) is 6.30. The van der Waals surface area contributed by atoms with Crippen LogP contribution in [0.25, 0.3) is 43.9 Å². The zero-order chi connectivity index (χ0) is 33.0. The highest BCUT2D eigenvalue weighted by Gasteiger charge is 2.32. The van der Waals surface area contributed by atoms with E-state index in [2.05, 4.69) is 11.6 Å². The highest BCUT2D eigenvalue weighted by molar-refractivity contribution is 7.18. The summed E-state index contributed by atoms with van der Waals surface area (Å²) in [5.74, 6) is -1.93. The minimum Gasteiger partial charge on any atom is -0.490 e. The number of methoxy groups -OCH3 is 1. The Kier molecular flexibility index (Phi) is 7.80. The van der Waals surface area contributed by atoms with Gasteiger partial charge in [-0.1, -0.05) is 6.58 Å². The number of benzene rings is 1. The summed E-state index contributed by atoms with van der Waals surface area (Å²) >= 11 is 1.38. The first kappa shape index (κ1) is 30.6. The van der Waals surface area contributed by atoms with E-state index in [0.29, 0.717) is 58.2 Å². The molecule has 5 aromatic rings. The lowest BCUT2D eigenvalue weighted by atomic mass is 9.96. The van der Waals surface area contributed by atoms with Gasteiger partial charge in [0.15, 0.2) is 0 Å². The number of nitrogens with zero attached hydrogens (tertiary/aromatic N) is 6. The maximum absolute atomic E-state index is 16.1. The standard InChI is InChI=1S/C34H30F2N6O4S/c1-5-27(43)41-7-8-42-25(18(41)2)15-24(39-42)32-29(28-23(36)13-21(35)14-26(28)46-10-9-45-4)33-22(6-11-47-33)30(38-32)19-12-20-17-40(3)34(44)31(20)37-16-19/h5-6,11-16,18H,1,7-10,17H2,2-4H3/t18-/m1/s1. The van der Waals surface area contributed by atoms with Crippen LogP contribution in [0.5, 0.6) is 5.75 Å². The van der Waals surface area contributed by atoms with Gasteiger partial charge < -0.3 is 19.3 Å². The van der Waals surface area contributed by atoms with E-state index in [1.54, 1.807) is 23.0 Å². The Morgan fingerprint density at radius 1 is 1.13 bits per heavy atom. The lowest BCUT2D eigenvalue weighted by Crippen LogP contribution is -2.40. The number of thiophene rings is 1. The first-order chi connectivity index (χ1) is 22.7. The average Bonchev–Trinajstić information content (AvgIpc) is 3.78. The van der Waals surface area contributed by atoms with Crippen LogP contribution >= 0.6 is 11.3 Å². The van der Waals surface area contributed by atoms with Gasteiger partial charge in [0.05, 0.1) is 36.1 Å². The van der Waals surface area contributed by atoms with Gasteiger partial charge in [-0.15, -0.1) is 11.3 Å². The molecule has 2 aliphatic heterocycles. The number of carbonyl (C=O) groups is 2. The summed E-state index contributed by atoms with van der Waals surface area (Å²) in [4.78, 5) is 38.1. The zero-order valence-electron chi connectivity index (χ0n) is 25.9. The number of hydrogen-bond donors (Lipinski definition) is 0. The molecule has 6 heterocycles. The van der Waals surface area contributed by atoms with Crippen molar-refractivity contribution < 1.29 is 27.8 Å². The van der Waals surface area contributed by atoms with E-state index < -0.39 is 11.6 Å². The summed E-state index contributed by atoms with van der Waals surface area (Å²) in [5, 5.41) is 7.51. The number of ether oxygens (including phenoxy) is 2. The summed E-state index contributed by atoms with van der Waals surface area (Å²) in [6.07, 6.45) is 2.91. The van der Waals surface area contributed by atoms with E-state index in [1.807, 2.05) is 35.2 Å². The molecular weight excluding hydrogens is 626 g/mol. The Balaban J connectivity index is 1.49. The molecular formula is C34H30F2N6O4S. The average molecular weight is 657 g/mol. The van der Waals surface area contributed by atoms with Crippen molar-refractivity contribution in [2.45, 2.75) is 26.1 Å². The van der Waals surface area contributed by atoms with Crippen LogP contribution in [0, 0.1) is 11.6 Å². The Bertz CT molecular complexity index is 2090. The summed E-state index contributed by atoms with van der Waals surface area (Å²) in [6.45, 7) is 7.12. The van der Waals surface area contributed by atoms with Gasteiger partial charge in [-0.25, -0.2) is 13.8 Å². The molecule has 10 nitrogen and oxygen atoms in total. The molecule has 0 N–H and O–H groups in total. The molecule has 13 heteroatoms. The van der Waals surface area contributed by atoms with Crippen LogP contribution in [-0.4, -0.2) is 75.3 Å². The molecule has 7 rings (SSSR count). The van der Waals surface area contributed by atoms with Crippen LogP contribution < -0.4 is 4.74 Å². The lowest BCUT2D eigenvalue weighted by molar-refractivity contribution is -0.129. The molecule has 1 atom stereocenters. The minimum absolute atomic E-state index is 0.00546. The second kappa shape index (κ2) is 12.0. The number of fused-ring (bicyclic) bond motifs is 3. The highest BCUT2D eigenvalue weighted by atomic mass is 32.1. The van der Waals surface area contributed by atoms with Crippen molar-refractivity contribution in [3.05, 3.63) is 83.1 Å². The minimum atomic E-state index is -0.816. The number of aromatic nitrogens is 4. The van der Waals surface area contributed by atoms with Crippen molar-refractivity contribution in [2.75, 3.05) is 33.9 Å². The third kappa shape index (κ3) is 5.15. The van der Waals surface area contributed by atoms with Gasteiger partial charge in [0.25, 0.3) is 5.91 Å². The molecule has 0 saturated carbocycles. The Hall–Kier alpha value is -5.01. The number of hydrogen-bond acceptors (Lipinski definition) is 8. The van der Waals surface area contributed by atoms with Crippen LogP contribution in [-0.2, 0) is 22.6 Å². The molecule has 2 aliphatic rings. The molecule has 240 valence electrons. The van der Waals surface area contributed by atoms with Gasteiger partial charge in [0.1, 0.15) is 41.1 Å². The van der Waals surface area contributed by atoms with Gasteiger partial charge in [-0.2, -0.15) is 5.10 Å². The smallest absolute Gasteiger partial charge is 0.272 e. The fourth-order valence-corrected chi connectivity index (χ4v) is 7.25. The van der Waals surface area contributed by atoms with Crippen LogP contribution in [0.2, 0.25) is 0 Å². The highest BCUT2D eigenvalue weighted by Crippen LogP contribution is 2.47. The third-order valence-corrected chi connectivity index (χ3v) is 9.51. The molecule has 47 heavy (non-hydrogen) atoms. The van der Waals surface area contributed by atoms with E-state index in [0.717, 1.165) is 28.8 Å². The van der Waals surface area contributed by atoms with Crippen molar-refractivity contribution in [3.63, 3.8) is 0 Å². The van der Waals surface area contributed by atoms with Crippen LogP contribution in [0.3, 0.4) is 0 Å². The molecule has 0 unspecified atom stereocenters. The second-order valence-electron chi connectivity index (χ2n) is 11.4. The fraction of sp³-hybridized carbons (Fsp3) is 0.265. The molecule has 4 aromatic heterocycles. The van der Waals surface area contributed by atoms with Crippen molar-refractivity contribution >= 4 is 33.2 Å². The topological polar surface area (TPSA) is 103 Å². The first-order valence-electron chi connectivity index (χ1n) is 15.0. The number of pyridine rings is 2. The molecule has 1 aromatic carbocycles. The van der Waals surface area contributed by atoms with E-state index >= 15 is 4.39 Å². The molecule has 0 bridgehead atoms. The quantitative estimate of drug-likeness (QED) is 0.152. The molecule has 0 saturated heterocycles. The van der Waals surface area contributed by atoms with Crippen LogP contribution in [0.4, 0.5) is 8.78 Å².